The van der Waals surface area contributed by atoms with Gasteiger partial charge in [-0.3, -0.25) is 0 Å². The molecule has 0 amide bonds. The van der Waals surface area contributed by atoms with Gasteiger partial charge in [0.25, 0.3) is 0 Å². The van der Waals surface area contributed by atoms with Crippen LogP contribution in [0.3, 0.4) is 0 Å². The summed E-state index contributed by atoms with van der Waals surface area (Å²) < 4.78 is 0. The molecule has 0 heterocycles. The Hall–Kier alpha value is -4.68. The van der Waals surface area contributed by atoms with Crippen LogP contribution in [-0.4, -0.2) is 0 Å². The second-order valence-corrected chi connectivity index (χ2v) is 10.3. The summed E-state index contributed by atoms with van der Waals surface area (Å²) in [5.41, 5.74) is 16.1. The Morgan fingerprint density at radius 1 is 0.308 bits per heavy atom. The highest BCUT2D eigenvalue weighted by Crippen LogP contribution is 2.53. The van der Waals surface area contributed by atoms with Gasteiger partial charge >= 0.3 is 0 Å². The standard InChI is InChI=1S/C39H30/c1-4-16-28(17-5-1)34-37(31-22-10-11-23-31)35(29-18-6-2-7-19-29)39(33-26-14-15-27-33)36(30-20-8-3-9-21-30)38(34)32-24-12-13-25-32/h1-22,24,26H,23,25,27H2. The van der Waals surface area contributed by atoms with Gasteiger partial charge in [-0.2, -0.15) is 0 Å². The first kappa shape index (κ1) is 23.4. The Morgan fingerprint density at radius 3 is 0.821 bits per heavy atom. The van der Waals surface area contributed by atoms with Gasteiger partial charge in [0.2, 0.25) is 0 Å². The van der Waals surface area contributed by atoms with Crippen molar-refractivity contribution in [1.82, 2.24) is 0 Å². The normalized spacial score (nSPS) is 15.5. The fourth-order valence-electron chi connectivity index (χ4n) is 6.29. The molecule has 0 aromatic heterocycles. The van der Waals surface area contributed by atoms with E-state index in [4.69, 9.17) is 0 Å². The summed E-state index contributed by atoms with van der Waals surface area (Å²) in [7, 11) is 0. The van der Waals surface area contributed by atoms with Crippen molar-refractivity contribution in [1.29, 1.82) is 0 Å². The van der Waals surface area contributed by atoms with Crippen LogP contribution >= 0.6 is 0 Å². The maximum absolute atomic E-state index is 2.33. The predicted octanol–water partition coefficient (Wildman–Crippen LogP) is 10.7. The monoisotopic (exact) mass is 498 g/mol. The van der Waals surface area contributed by atoms with Gasteiger partial charge in [-0.25, -0.2) is 0 Å². The van der Waals surface area contributed by atoms with Crippen LogP contribution < -0.4 is 0 Å². The summed E-state index contributed by atoms with van der Waals surface area (Å²) in [5.74, 6) is 0. The first-order chi connectivity index (χ1) is 19.4. The Morgan fingerprint density at radius 2 is 0.590 bits per heavy atom. The highest BCUT2D eigenvalue weighted by atomic mass is 14.3. The molecule has 0 bridgehead atoms. The average Bonchev–Trinajstić information content (AvgIpc) is 3.82. The van der Waals surface area contributed by atoms with Gasteiger partial charge in [-0.05, 0) is 86.1 Å². The third-order valence-corrected chi connectivity index (χ3v) is 7.96. The molecular weight excluding hydrogens is 468 g/mol. The smallest absolute Gasteiger partial charge is 0.00202 e. The van der Waals surface area contributed by atoms with Crippen LogP contribution in [0.25, 0.3) is 50.1 Å². The SMILES string of the molecule is C1=CCC(c2c(-c3ccccc3)c(C3=CC=CC3)c(-c3ccccc3)c(C3=CC=CC3)c2-c2ccccc2)=C1. The Bertz CT molecular complexity index is 1490. The van der Waals surface area contributed by atoms with Crippen molar-refractivity contribution in [2.45, 2.75) is 19.3 Å². The molecule has 0 unspecified atom stereocenters. The first-order valence-corrected chi connectivity index (χ1v) is 13.9. The predicted molar refractivity (Wildman–Crippen MR) is 168 cm³/mol. The molecule has 0 heteroatoms. The van der Waals surface area contributed by atoms with Crippen LogP contribution in [0.1, 0.15) is 36.0 Å². The van der Waals surface area contributed by atoms with E-state index in [1.807, 2.05) is 0 Å². The summed E-state index contributed by atoms with van der Waals surface area (Å²) in [5, 5.41) is 0. The van der Waals surface area contributed by atoms with Gasteiger partial charge in [-0.15, -0.1) is 0 Å². The quantitative estimate of drug-likeness (QED) is 0.248. The molecule has 0 saturated carbocycles. The summed E-state index contributed by atoms with van der Waals surface area (Å²) in [6, 6.07) is 33.1. The molecule has 3 aliphatic rings. The maximum atomic E-state index is 2.33. The van der Waals surface area contributed by atoms with Gasteiger partial charge in [0.05, 0.1) is 0 Å². The van der Waals surface area contributed by atoms with E-state index in [1.54, 1.807) is 0 Å². The molecule has 0 aliphatic heterocycles. The van der Waals surface area contributed by atoms with Crippen molar-refractivity contribution in [3.63, 3.8) is 0 Å². The Kier molecular flexibility index (Phi) is 6.15. The highest BCUT2D eigenvalue weighted by molar-refractivity contribution is 6.09. The van der Waals surface area contributed by atoms with E-state index in [2.05, 4.69) is 146 Å². The van der Waals surface area contributed by atoms with Crippen molar-refractivity contribution in [3.8, 4) is 33.4 Å². The summed E-state index contributed by atoms with van der Waals surface area (Å²) >= 11 is 0. The van der Waals surface area contributed by atoms with E-state index >= 15 is 0 Å². The van der Waals surface area contributed by atoms with Crippen LogP contribution in [0.5, 0.6) is 0 Å². The largest absolute Gasteiger partial charge is 0.0801 e. The molecule has 7 rings (SSSR count). The van der Waals surface area contributed by atoms with Crippen LogP contribution in [0.15, 0.2) is 146 Å². The van der Waals surface area contributed by atoms with Crippen LogP contribution in [0.2, 0.25) is 0 Å². The molecule has 4 aromatic carbocycles. The molecule has 0 saturated heterocycles. The van der Waals surface area contributed by atoms with Crippen molar-refractivity contribution in [3.05, 3.63) is 162 Å². The lowest BCUT2D eigenvalue weighted by molar-refractivity contribution is 1.35. The summed E-state index contributed by atoms with van der Waals surface area (Å²) in [4.78, 5) is 0. The molecule has 0 radical (unpaired) electrons. The maximum Gasteiger partial charge on any atom is -0.00202 e. The van der Waals surface area contributed by atoms with Crippen LogP contribution in [0, 0.1) is 0 Å². The van der Waals surface area contributed by atoms with Gasteiger partial charge < -0.3 is 0 Å². The molecule has 39 heavy (non-hydrogen) atoms. The minimum absolute atomic E-state index is 0.942. The van der Waals surface area contributed by atoms with Crippen LogP contribution in [-0.2, 0) is 0 Å². The van der Waals surface area contributed by atoms with E-state index in [9.17, 15) is 0 Å². The fraction of sp³-hybridized carbons (Fsp3) is 0.0769. The second kappa shape index (κ2) is 10.2. The molecular formula is C39H30. The van der Waals surface area contributed by atoms with Crippen molar-refractivity contribution >= 4 is 16.7 Å². The zero-order chi connectivity index (χ0) is 26.0. The van der Waals surface area contributed by atoms with Crippen molar-refractivity contribution in [2.75, 3.05) is 0 Å². The van der Waals surface area contributed by atoms with Gasteiger partial charge in [-0.1, -0.05) is 146 Å². The average molecular weight is 499 g/mol. The van der Waals surface area contributed by atoms with E-state index < -0.39 is 0 Å². The number of hydrogen-bond acceptors (Lipinski definition) is 0. The minimum atomic E-state index is 0.942. The third kappa shape index (κ3) is 4.19. The van der Waals surface area contributed by atoms with E-state index in [1.165, 1.54) is 66.8 Å². The number of allylic oxidation sites excluding steroid dienone is 12. The second-order valence-electron chi connectivity index (χ2n) is 10.3. The summed E-state index contributed by atoms with van der Waals surface area (Å²) in [6.45, 7) is 0. The van der Waals surface area contributed by atoms with Crippen LogP contribution in [0.4, 0.5) is 0 Å². The Labute approximate surface area is 231 Å². The fourth-order valence-corrected chi connectivity index (χ4v) is 6.29. The molecule has 0 atom stereocenters. The molecule has 0 N–H and O–H groups in total. The third-order valence-electron chi connectivity index (χ3n) is 7.96. The van der Waals surface area contributed by atoms with E-state index in [-0.39, 0.29) is 0 Å². The number of hydrogen-bond donors (Lipinski definition) is 0. The topological polar surface area (TPSA) is 0 Å². The molecule has 0 fully saturated rings. The van der Waals surface area contributed by atoms with Gasteiger partial charge in [0.1, 0.15) is 0 Å². The lowest BCUT2D eigenvalue weighted by Gasteiger charge is -2.29. The minimum Gasteiger partial charge on any atom is -0.0801 e. The molecule has 0 spiro atoms. The number of rotatable bonds is 6. The lowest BCUT2D eigenvalue weighted by Crippen LogP contribution is -2.07. The molecule has 3 aliphatic carbocycles. The van der Waals surface area contributed by atoms with Crippen molar-refractivity contribution in [2.24, 2.45) is 0 Å². The van der Waals surface area contributed by atoms with E-state index in [0.717, 1.165) is 19.3 Å². The van der Waals surface area contributed by atoms with E-state index in [0.29, 0.717) is 0 Å². The molecule has 4 aromatic rings. The summed E-state index contributed by atoms with van der Waals surface area (Å²) in [6.07, 6.45) is 23.3. The lowest BCUT2D eigenvalue weighted by atomic mass is 9.73. The first-order valence-electron chi connectivity index (χ1n) is 13.9. The zero-order valence-electron chi connectivity index (χ0n) is 22.0. The molecule has 0 nitrogen and oxygen atoms in total. The highest BCUT2D eigenvalue weighted by Gasteiger charge is 2.31. The Balaban J connectivity index is 1.74. The number of benzene rings is 4. The van der Waals surface area contributed by atoms with Gasteiger partial charge in [0, 0.05) is 0 Å². The van der Waals surface area contributed by atoms with Gasteiger partial charge in [0.15, 0.2) is 0 Å². The zero-order valence-corrected chi connectivity index (χ0v) is 22.0. The van der Waals surface area contributed by atoms with Crippen molar-refractivity contribution < 1.29 is 0 Å². The molecule has 186 valence electrons.